The fourth-order valence-corrected chi connectivity index (χ4v) is 0.709. The van der Waals surface area contributed by atoms with Gasteiger partial charge in [0.1, 0.15) is 25.3 Å². The van der Waals surface area contributed by atoms with Crippen LogP contribution in [0.2, 0.25) is 0 Å². The Kier molecular flexibility index (Phi) is 3.15. The van der Waals surface area contributed by atoms with Crippen LogP contribution in [-0.4, -0.2) is 29.9 Å². The third-order valence-electron chi connectivity index (χ3n) is 1.19. The Balaban J connectivity index is 0.000000845. The van der Waals surface area contributed by atoms with Crippen molar-refractivity contribution in [3.05, 3.63) is 25.3 Å². The molecule has 0 unspecified atom stereocenters. The standard InChI is InChI=1S/C6H4N6.ClH/c1-7-2-10-5(9-1)6-11-3-8-4-12-6;/h1-4H;1H. The van der Waals surface area contributed by atoms with Gasteiger partial charge in [0.15, 0.2) is 0 Å². The lowest BCUT2D eigenvalue weighted by Crippen LogP contribution is -1.94. The summed E-state index contributed by atoms with van der Waals surface area (Å²) in [5.41, 5.74) is 0. The summed E-state index contributed by atoms with van der Waals surface area (Å²) in [5.74, 6) is 0.903. The summed E-state index contributed by atoms with van der Waals surface area (Å²) < 4.78 is 0. The predicted molar refractivity (Wildman–Crippen MR) is 45.9 cm³/mol. The Morgan fingerprint density at radius 2 is 0.923 bits per heavy atom. The van der Waals surface area contributed by atoms with E-state index in [-0.39, 0.29) is 12.4 Å². The van der Waals surface area contributed by atoms with Crippen LogP contribution in [0, 0.1) is 0 Å². The second-order valence-electron chi connectivity index (χ2n) is 1.92. The molecule has 0 bridgehead atoms. The molecule has 66 valence electrons. The van der Waals surface area contributed by atoms with Crippen LogP contribution in [0.5, 0.6) is 0 Å². The van der Waals surface area contributed by atoms with Gasteiger partial charge in [0.2, 0.25) is 11.6 Å². The van der Waals surface area contributed by atoms with Crippen LogP contribution < -0.4 is 0 Å². The summed E-state index contributed by atoms with van der Waals surface area (Å²) in [6.45, 7) is 0. The largest absolute Gasteiger partial charge is 0.225 e. The molecule has 2 heterocycles. The van der Waals surface area contributed by atoms with E-state index in [4.69, 9.17) is 0 Å². The molecule has 2 rings (SSSR count). The van der Waals surface area contributed by atoms with Crippen molar-refractivity contribution in [1.29, 1.82) is 0 Å². The van der Waals surface area contributed by atoms with Gasteiger partial charge in [-0.1, -0.05) is 0 Å². The molecule has 0 aliphatic heterocycles. The molecule has 7 heteroatoms. The molecular weight excluding hydrogens is 192 g/mol. The molecule has 0 aliphatic rings. The van der Waals surface area contributed by atoms with Crippen molar-refractivity contribution >= 4 is 12.4 Å². The topological polar surface area (TPSA) is 77.3 Å². The van der Waals surface area contributed by atoms with Crippen LogP contribution in [0.25, 0.3) is 11.6 Å². The number of hydrogen-bond acceptors (Lipinski definition) is 6. The summed E-state index contributed by atoms with van der Waals surface area (Å²) in [5, 5.41) is 0. The quantitative estimate of drug-likeness (QED) is 0.646. The highest BCUT2D eigenvalue weighted by Gasteiger charge is 2.00. The van der Waals surface area contributed by atoms with Gasteiger partial charge in [-0.05, 0) is 0 Å². The lowest BCUT2D eigenvalue weighted by atomic mass is 10.5. The van der Waals surface area contributed by atoms with Gasteiger partial charge < -0.3 is 0 Å². The average molecular weight is 197 g/mol. The summed E-state index contributed by atoms with van der Waals surface area (Å²) >= 11 is 0. The molecule has 0 spiro atoms. The van der Waals surface area contributed by atoms with Gasteiger partial charge in [0.05, 0.1) is 0 Å². The average Bonchev–Trinajstić information content (AvgIpc) is 2.21. The van der Waals surface area contributed by atoms with Gasteiger partial charge >= 0.3 is 0 Å². The summed E-state index contributed by atoms with van der Waals surface area (Å²) in [7, 11) is 0. The van der Waals surface area contributed by atoms with Crippen molar-refractivity contribution in [2.24, 2.45) is 0 Å². The maximum absolute atomic E-state index is 3.87. The molecule has 0 aromatic carbocycles. The predicted octanol–water partition coefficient (Wildman–Crippen LogP) is 0.145. The maximum Gasteiger partial charge on any atom is 0.200 e. The van der Waals surface area contributed by atoms with Gasteiger partial charge in [0.25, 0.3) is 0 Å². The molecule has 2 aromatic rings. The van der Waals surface area contributed by atoms with Crippen LogP contribution in [-0.2, 0) is 0 Å². The minimum atomic E-state index is 0. The van der Waals surface area contributed by atoms with Crippen molar-refractivity contribution in [2.75, 3.05) is 0 Å². The lowest BCUT2D eigenvalue weighted by molar-refractivity contribution is 0.985. The van der Waals surface area contributed by atoms with E-state index in [1.807, 2.05) is 0 Å². The first kappa shape index (κ1) is 9.40. The summed E-state index contributed by atoms with van der Waals surface area (Å²) in [4.78, 5) is 22.9. The Hall–Kier alpha value is -1.69. The third-order valence-corrected chi connectivity index (χ3v) is 1.19. The van der Waals surface area contributed by atoms with Crippen LogP contribution in [0.15, 0.2) is 25.3 Å². The SMILES string of the molecule is Cl.c1ncnc(-c2ncncn2)n1. The molecule has 13 heavy (non-hydrogen) atoms. The molecule has 6 nitrogen and oxygen atoms in total. The normalized spacial score (nSPS) is 8.92. The summed E-state index contributed by atoms with van der Waals surface area (Å²) in [6, 6.07) is 0. The second-order valence-corrected chi connectivity index (χ2v) is 1.92. The van der Waals surface area contributed by atoms with E-state index in [0.29, 0.717) is 11.6 Å². The Bertz CT molecular complexity index is 315. The van der Waals surface area contributed by atoms with Crippen LogP contribution >= 0.6 is 12.4 Å². The number of hydrogen-bond donors (Lipinski definition) is 0. The van der Waals surface area contributed by atoms with E-state index in [9.17, 15) is 0 Å². The lowest BCUT2D eigenvalue weighted by Gasteiger charge is -1.92. The van der Waals surface area contributed by atoms with Crippen molar-refractivity contribution in [2.45, 2.75) is 0 Å². The molecule has 2 aromatic heterocycles. The zero-order valence-electron chi connectivity index (χ0n) is 6.40. The van der Waals surface area contributed by atoms with Crippen LogP contribution in [0.3, 0.4) is 0 Å². The summed E-state index contributed by atoms with van der Waals surface area (Å²) in [6.07, 6.45) is 5.58. The fourth-order valence-electron chi connectivity index (χ4n) is 0.709. The molecule has 0 aliphatic carbocycles. The Morgan fingerprint density at radius 1 is 0.615 bits per heavy atom. The monoisotopic (exact) mass is 196 g/mol. The van der Waals surface area contributed by atoms with Crippen molar-refractivity contribution < 1.29 is 0 Å². The van der Waals surface area contributed by atoms with Crippen molar-refractivity contribution in [3.63, 3.8) is 0 Å². The molecule has 0 atom stereocenters. The molecule has 0 saturated heterocycles. The van der Waals surface area contributed by atoms with Gasteiger partial charge in [-0.2, -0.15) is 0 Å². The van der Waals surface area contributed by atoms with Crippen molar-refractivity contribution in [3.8, 4) is 11.6 Å². The molecule has 0 fully saturated rings. The van der Waals surface area contributed by atoms with E-state index in [1.165, 1.54) is 25.3 Å². The highest BCUT2D eigenvalue weighted by Crippen LogP contribution is 2.01. The van der Waals surface area contributed by atoms with Crippen LogP contribution in [0.1, 0.15) is 0 Å². The van der Waals surface area contributed by atoms with Gasteiger partial charge in [-0.25, -0.2) is 29.9 Å². The molecule has 0 N–H and O–H groups in total. The smallest absolute Gasteiger partial charge is 0.200 e. The highest BCUT2D eigenvalue weighted by atomic mass is 35.5. The minimum Gasteiger partial charge on any atom is -0.225 e. The van der Waals surface area contributed by atoms with Crippen molar-refractivity contribution in [1.82, 2.24) is 29.9 Å². The first-order valence-electron chi connectivity index (χ1n) is 3.21. The Labute approximate surface area is 80.0 Å². The molecule has 0 saturated carbocycles. The van der Waals surface area contributed by atoms with Gasteiger partial charge in [0, 0.05) is 0 Å². The highest BCUT2D eigenvalue weighted by molar-refractivity contribution is 5.85. The molecular formula is C6H5ClN6. The van der Waals surface area contributed by atoms with E-state index < -0.39 is 0 Å². The maximum atomic E-state index is 3.87. The van der Waals surface area contributed by atoms with Crippen LogP contribution in [0.4, 0.5) is 0 Å². The van der Waals surface area contributed by atoms with E-state index in [2.05, 4.69) is 29.9 Å². The first-order chi connectivity index (χ1) is 5.97. The number of aromatic nitrogens is 6. The van der Waals surface area contributed by atoms with E-state index >= 15 is 0 Å². The molecule has 0 amide bonds. The Morgan fingerprint density at radius 3 is 1.23 bits per heavy atom. The zero-order valence-corrected chi connectivity index (χ0v) is 7.22. The number of halogens is 1. The second kappa shape index (κ2) is 4.36. The van der Waals surface area contributed by atoms with E-state index in [1.54, 1.807) is 0 Å². The van der Waals surface area contributed by atoms with Gasteiger partial charge in [-0.3, -0.25) is 0 Å². The zero-order chi connectivity index (χ0) is 8.23. The number of nitrogens with zero attached hydrogens (tertiary/aromatic N) is 6. The van der Waals surface area contributed by atoms with E-state index in [0.717, 1.165) is 0 Å². The number of rotatable bonds is 1. The first-order valence-corrected chi connectivity index (χ1v) is 3.21. The third kappa shape index (κ3) is 2.12. The molecule has 0 radical (unpaired) electrons. The minimum absolute atomic E-state index is 0. The van der Waals surface area contributed by atoms with Gasteiger partial charge in [-0.15, -0.1) is 12.4 Å². The fraction of sp³-hybridized carbons (Fsp3) is 0.